The Morgan fingerprint density at radius 2 is 2.56 bits per heavy atom. The van der Waals surface area contributed by atoms with Crippen molar-refractivity contribution in [1.29, 1.82) is 0 Å². The molecule has 1 rings (SSSR count). The largest absolute Gasteiger partial charge is 0.357 e. The van der Waals surface area contributed by atoms with E-state index >= 15 is 0 Å². The lowest BCUT2D eigenvalue weighted by molar-refractivity contribution is 0.410. The van der Waals surface area contributed by atoms with Crippen molar-refractivity contribution in [2.24, 2.45) is 0 Å². The number of hydrogen-bond donors (Lipinski definition) is 0. The summed E-state index contributed by atoms with van der Waals surface area (Å²) in [6.07, 6.45) is 3.63. The van der Waals surface area contributed by atoms with Crippen LogP contribution in [-0.4, -0.2) is 5.16 Å². The van der Waals surface area contributed by atoms with Gasteiger partial charge < -0.3 is 4.52 Å². The predicted molar refractivity (Wildman–Crippen MR) is 35.8 cm³/mol. The molecule has 0 saturated carbocycles. The lowest BCUT2D eigenvalue weighted by Gasteiger charge is -1.87. The van der Waals surface area contributed by atoms with Crippen LogP contribution in [0.5, 0.6) is 0 Å². The molecule has 0 aliphatic carbocycles. The van der Waals surface area contributed by atoms with Crippen LogP contribution >= 0.6 is 0 Å². The molecule has 0 amide bonds. The van der Waals surface area contributed by atoms with E-state index < -0.39 is 0 Å². The first kappa shape index (κ1) is 6.08. The molecule has 0 saturated heterocycles. The molecule has 0 fully saturated rings. The smallest absolute Gasteiger partial charge is 0.162 e. The fraction of sp³-hybridized carbons (Fsp3) is 0.286. The van der Waals surface area contributed by atoms with Crippen LogP contribution < -0.4 is 0 Å². The van der Waals surface area contributed by atoms with E-state index in [0.29, 0.717) is 0 Å². The zero-order valence-corrected chi connectivity index (χ0v) is 5.59. The molecular weight excluding hydrogens is 114 g/mol. The Bertz CT molecular complexity index is 199. The Balaban J connectivity index is 2.90. The fourth-order valence-corrected chi connectivity index (χ4v) is 0.561. The number of aromatic nitrogens is 1. The molecule has 0 unspecified atom stereocenters. The summed E-state index contributed by atoms with van der Waals surface area (Å²) in [7, 11) is 0. The van der Waals surface area contributed by atoms with Gasteiger partial charge in [0.25, 0.3) is 0 Å². The molecule has 2 heteroatoms. The van der Waals surface area contributed by atoms with Crippen LogP contribution in [0.25, 0.3) is 5.57 Å². The van der Waals surface area contributed by atoms with E-state index in [1.165, 1.54) is 0 Å². The lowest BCUT2D eigenvalue weighted by atomic mass is 10.2. The van der Waals surface area contributed by atoms with E-state index in [1.807, 2.05) is 26.0 Å². The Morgan fingerprint density at radius 1 is 1.78 bits per heavy atom. The SMILES string of the molecule is CC=C(C)c1ccno1. The maximum absolute atomic E-state index is 4.87. The Labute approximate surface area is 54.2 Å². The highest BCUT2D eigenvalue weighted by molar-refractivity contribution is 5.57. The van der Waals surface area contributed by atoms with Gasteiger partial charge in [0.2, 0.25) is 0 Å². The van der Waals surface area contributed by atoms with Crippen LogP contribution in [0.4, 0.5) is 0 Å². The molecule has 1 aromatic heterocycles. The molecule has 2 nitrogen and oxygen atoms in total. The van der Waals surface area contributed by atoms with Gasteiger partial charge in [-0.05, 0) is 19.4 Å². The van der Waals surface area contributed by atoms with Crippen LogP contribution in [0.1, 0.15) is 19.6 Å². The molecule has 0 bridgehead atoms. The minimum absolute atomic E-state index is 0.845. The lowest BCUT2D eigenvalue weighted by Crippen LogP contribution is -1.69. The van der Waals surface area contributed by atoms with E-state index in [1.54, 1.807) is 6.20 Å². The first-order valence-electron chi connectivity index (χ1n) is 2.88. The van der Waals surface area contributed by atoms with E-state index in [9.17, 15) is 0 Å². The van der Waals surface area contributed by atoms with Gasteiger partial charge in [-0.2, -0.15) is 0 Å². The minimum atomic E-state index is 0.845. The standard InChI is InChI=1S/C7H9NO/c1-3-6(2)7-4-5-8-9-7/h3-5H,1-2H3. The summed E-state index contributed by atoms with van der Waals surface area (Å²) in [6.45, 7) is 3.96. The average molecular weight is 123 g/mol. The molecule has 0 spiro atoms. The molecule has 1 heterocycles. The highest BCUT2D eigenvalue weighted by atomic mass is 16.5. The van der Waals surface area contributed by atoms with Crippen molar-refractivity contribution in [3.05, 3.63) is 24.1 Å². The van der Waals surface area contributed by atoms with Crippen LogP contribution in [0.15, 0.2) is 22.9 Å². The van der Waals surface area contributed by atoms with Crippen LogP contribution in [-0.2, 0) is 0 Å². The van der Waals surface area contributed by atoms with Gasteiger partial charge in [0, 0.05) is 6.07 Å². The fourth-order valence-electron chi connectivity index (χ4n) is 0.561. The average Bonchev–Trinajstić information content (AvgIpc) is 2.37. The summed E-state index contributed by atoms with van der Waals surface area (Å²) in [6, 6.07) is 1.84. The van der Waals surface area contributed by atoms with E-state index in [2.05, 4.69) is 5.16 Å². The third-order valence-corrected chi connectivity index (χ3v) is 1.26. The molecular formula is C7H9NO. The van der Waals surface area contributed by atoms with Gasteiger partial charge in [-0.1, -0.05) is 11.2 Å². The van der Waals surface area contributed by atoms with Gasteiger partial charge in [0.1, 0.15) is 0 Å². The highest BCUT2D eigenvalue weighted by Crippen LogP contribution is 2.10. The summed E-state index contributed by atoms with van der Waals surface area (Å²) in [5.74, 6) is 0.845. The third-order valence-electron chi connectivity index (χ3n) is 1.26. The maximum Gasteiger partial charge on any atom is 0.162 e. The molecule has 9 heavy (non-hydrogen) atoms. The summed E-state index contributed by atoms with van der Waals surface area (Å²) in [5.41, 5.74) is 1.12. The van der Waals surface area contributed by atoms with Crippen molar-refractivity contribution >= 4 is 5.57 Å². The van der Waals surface area contributed by atoms with E-state index in [-0.39, 0.29) is 0 Å². The van der Waals surface area contributed by atoms with Crippen LogP contribution in [0, 0.1) is 0 Å². The molecule has 0 aliphatic rings. The molecule has 0 atom stereocenters. The number of nitrogens with zero attached hydrogens (tertiary/aromatic N) is 1. The van der Waals surface area contributed by atoms with Crippen molar-refractivity contribution in [3.8, 4) is 0 Å². The van der Waals surface area contributed by atoms with E-state index in [0.717, 1.165) is 11.3 Å². The normalized spacial score (nSPS) is 12.0. The quantitative estimate of drug-likeness (QED) is 0.571. The third kappa shape index (κ3) is 1.19. The Hall–Kier alpha value is -1.05. The molecule has 0 radical (unpaired) electrons. The molecule has 0 aliphatic heterocycles. The van der Waals surface area contributed by atoms with Crippen LogP contribution in [0.2, 0.25) is 0 Å². The number of hydrogen-bond acceptors (Lipinski definition) is 2. The van der Waals surface area contributed by atoms with Crippen molar-refractivity contribution in [3.63, 3.8) is 0 Å². The topological polar surface area (TPSA) is 26.0 Å². The van der Waals surface area contributed by atoms with Crippen molar-refractivity contribution < 1.29 is 4.52 Å². The van der Waals surface area contributed by atoms with Gasteiger partial charge in [-0.3, -0.25) is 0 Å². The number of allylic oxidation sites excluding steroid dienone is 2. The summed E-state index contributed by atoms with van der Waals surface area (Å²) < 4.78 is 4.87. The Morgan fingerprint density at radius 3 is 3.00 bits per heavy atom. The highest BCUT2D eigenvalue weighted by Gasteiger charge is 1.95. The second-order valence-electron chi connectivity index (χ2n) is 1.85. The molecule has 0 aromatic carbocycles. The predicted octanol–water partition coefficient (Wildman–Crippen LogP) is 2.10. The second kappa shape index (κ2) is 2.49. The van der Waals surface area contributed by atoms with Crippen molar-refractivity contribution in [1.82, 2.24) is 5.16 Å². The molecule has 1 aromatic rings. The van der Waals surface area contributed by atoms with E-state index in [4.69, 9.17) is 4.52 Å². The van der Waals surface area contributed by atoms with Gasteiger partial charge >= 0.3 is 0 Å². The van der Waals surface area contributed by atoms with Gasteiger partial charge in [0.15, 0.2) is 5.76 Å². The second-order valence-corrected chi connectivity index (χ2v) is 1.85. The van der Waals surface area contributed by atoms with Crippen LogP contribution in [0.3, 0.4) is 0 Å². The summed E-state index contributed by atoms with van der Waals surface area (Å²) in [5, 5.41) is 3.58. The maximum atomic E-state index is 4.87. The van der Waals surface area contributed by atoms with Gasteiger partial charge in [0.05, 0.1) is 6.20 Å². The molecule has 0 N–H and O–H groups in total. The monoisotopic (exact) mass is 123 g/mol. The first-order valence-corrected chi connectivity index (χ1v) is 2.88. The number of rotatable bonds is 1. The summed E-state index contributed by atoms with van der Waals surface area (Å²) >= 11 is 0. The van der Waals surface area contributed by atoms with Crippen molar-refractivity contribution in [2.75, 3.05) is 0 Å². The summed E-state index contributed by atoms with van der Waals surface area (Å²) in [4.78, 5) is 0. The first-order chi connectivity index (χ1) is 4.34. The van der Waals surface area contributed by atoms with Crippen molar-refractivity contribution in [2.45, 2.75) is 13.8 Å². The molecule has 48 valence electrons. The minimum Gasteiger partial charge on any atom is -0.357 e. The Kier molecular flexibility index (Phi) is 1.68. The zero-order valence-electron chi connectivity index (χ0n) is 5.59. The zero-order chi connectivity index (χ0) is 6.69. The van der Waals surface area contributed by atoms with Gasteiger partial charge in [-0.25, -0.2) is 0 Å². The van der Waals surface area contributed by atoms with Gasteiger partial charge in [-0.15, -0.1) is 0 Å².